The van der Waals surface area contributed by atoms with Crippen molar-refractivity contribution in [1.29, 1.82) is 0 Å². The molecular formula is C21H31NO4. The lowest BCUT2D eigenvalue weighted by Gasteiger charge is -2.36. The molecule has 0 aliphatic heterocycles. The van der Waals surface area contributed by atoms with Gasteiger partial charge in [0, 0.05) is 19.8 Å². The molecule has 0 heterocycles. The molecule has 0 saturated heterocycles. The molecule has 144 valence electrons. The zero-order valence-corrected chi connectivity index (χ0v) is 16.5. The summed E-state index contributed by atoms with van der Waals surface area (Å²) in [6.45, 7) is 6.18. The minimum atomic E-state index is -0.510. The largest absolute Gasteiger partial charge is 0.460 e. The molecule has 0 radical (unpaired) electrons. The molecular weight excluding hydrogens is 330 g/mol. The Kier molecular flexibility index (Phi) is 7.06. The van der Waals surface area contributed by atoms with Crippen LogP contribution in [0.1, 0.15) is 50.4 Å². The maximum absolute atomic E-state index is 12.2. The normalized spacial score (nSPS) is 22.8. The Bertz CT molecular complexity index is 609. The molecule has 1 aromatic carbocycles. The van der Waals surface area contributed by atoms with Crippen molar-refractivity contribution in [2.24, 2.45) is 17.8 Å². The minimum Gasteiger partial charge on any atom is -0.460 e. The monoisotopic (exact) mass is 361 g/mol. The van der Waals surface area contributed by atoms with E-state index in [1.807, 2.05) is 31.1 Å². The van der Waals surface area contributed by atoms with E-state index in [4.69, 9.17) is 9.47 Å². The predicted octanol–water partition coefficient (Wildman–Crippen LogP) is 3.91. The summed E-state index contributed by atoms with van der Waals surface area (Å²) in [5.74, 6) is 0.431. The molecule has 5 nitrogen and oxygen atoms in total. The molecule has 3 unspecified atom stereocenters. The number of rotatable bonds is 6. The van der Waals surface area contributed by atoms with Gasteiger partial charge in [-0.05, 0) is 54.9 Å². The van der Waals surface area contributed by atoms with Gasteiger partial charge in [-0.2, -0.15) is 0 Å². The van der Waals surface area contributed by atoms with E-state index in [0.717, 1.165) is 18.5 Å². The van der Waals surface area contributed by atoms with Gasteiger partial charge in [-0.3, -0.25) is 0 Å². The molecule has 26 heavy (non-hydrogen) atoms. The average molecular weight is 361 g/mol. The number of esters is 2. The zero-order chi connectivity index (χ0) is 19.3. The third kappa shape index (κ3) is 5.48. The first-order valence-corrected chi connectivity index (χ1v) is 9.42. The van der Waals surface area contributed by atoms with Crippen LogP contribution in [0.3, 0.4) is 0 Å². The van der Waals surface area contributed by atoms with E-state index in [1.165, 1.54) is 6.42 Å². The minimum absolute atomic E-state index is 0.0793. The Morgan fingerprint density at radius 3 is 2.38 bits per heavy atom. The van der Waals surface area contributed by atoms with Crippen molar-refractivity contribution in [3.05, 3.63) is 29.8 Å². The lowest BCUT2D eigenvalue weighted by molar-refractivity contribution is -0.159. The van der Waals surface area contributed by atoms with Crippen molar-refractivity contribution in [2.75, 3.05) is 25.6 Å². The molecule has 1 aromatic rings. The second kappa shape index (κ2) is 9.06. The molecule has 0 amide bonds. The van der Waals surface area contributed by atoms with Crippen molar-refractivity contribution in [3.63, 3.8) is 0 Å². The Morgan fingerprint density at radius 2 is 1.81 bits per heavy atom. The van der Waals surface area contributed by atoms with Gasteiger partial charge >= 0.3 is 11.9 Å². The number of carbonyl (C=O) groups is 2. The maximum atomic E-state index is 12.2. The first-order valence-electron chi connectivity index (χ1n) is 9.42. The van der Waals surface area contributed by atoms with Crippen molar-refractivity contribution in [3.8, 4) is 0 Å². The van der Waals surface area contributed by atoms with E-state index in [-0.39, 0.29) is 12.7 Å². The number of benzene rings is 1. The van der Waals surface area contributed by atoms with Gasteiger partial charge in [-0.25, -0.2) is 9.59 Å². The van der Waals surface area contributed by atoms with Crippen molar-refractivity contribution < 1.29 is 19.1 Å². The molecule has 3 atom stereocenters. The van der Waals surface area contributed by atoms with Gasteiger partial charge in [0.25, 0.3) is 0 Å². The number of anilines is 1. The Balaban J connectivity index is 1.86. The quantitative estimate of drug-likeness (QED) is 0.719. The van der Waals surface area contributed by atoms with Crippen molar-refractivity contribution >= 4 is 17.6 Å². The molecule has 1 saturated carbocycles. The van der Waals surface area contributed by atoms with Crippen LogP contribution < -0.4 is 4.90 Å². The van der Waals surface area contributed by atoms with Crippen LogP contribution in [0.2, 0.25) is 0 Å². The fourth-order valence-corrected chi connectivity index (χ4v) is 3.56. The Morgan fingerprint density at radius 1 is 1.15 bits per heavy atom. The van der Waals surface area contributed by atoms with E-state index in [9.17, 15) is 9.59 Å². The average Bonchev–Trinajstić information content (AvgIpc) is 2.59. The summed E-state index contributed by atoms with van der Waals surface area (Å²) < 4.78 is 10.8. The number of ether oxygens (including phenoxy) is 2. The molecule has 2 rings (SSSR count). The van der Waals surface area contributed by atoms with Crippen LogP contribution in [-0.4, -0.2) is 38.7 Å². The maximum Gasteiger partial charge on any atom is 0.344 e. The second-order valence-electron chi connectivity index (χ2n) is 7.87. The summed E-state index contributed by atoms with van der Waals surface area (Å²) >= 11 is 0. The van der Waals surface area contributed by atoms with E-state index < -0.39 is 11.9 Å². The predicted molar refractivity (Wildman–Crippen MR) is 102 cm³/mol. The molecule has 1 aliphatic carbocycles. The SMILES string of the molecule is CC1CCC(C(C)C)C(OC(=O)COC(=O)c2ccc(N(C)C)cc2)C1. The topological polar surface area (TPSA) is 55.8 Å². The second-order valence-corrected chi connectivity index (χ2v) is 7.87. The van der Waals surface area contributed by atoms with Gasteiger partial charge in [-0.15, -0.1) is 0 Å². The van der Waals surface area contributed by atoms with E-state index >= 15 is 0 Å². The lowest BCUT2D eigenvalue weighted by atomic mass is 9.75. The van der Waals surface area contributed by atoms with Gasteiger partial charge in [0.2, 0.25) is 0 Å². The van der Waals surface area contributed by atoms with Crippen LogP contribution in [0.4, 0.5) is 5.69 Å². The van der Waals surface area contributed by atoms with Crippen LogP contribution in [0.25, 0.3) is 0 Å². The van der Waals surface area contributed by atoms with Gasteiger partial charge in [0.05, 0.1) is 5.56 Å². The summed E-state index contributed by atoms with van der Waals surface area (Å²) in [7, 11) is 3.86. The van der Waals surface area contributed by atoms with Crippen LogP contribution in [0, 0.1) is 17.8 Å². The van der Waals surface area contributed by atoms with E-state index in [1.54, 1.807) is 12.1 Å². The molecule has 0 spiro atoms. The number of carbonyl (C=O) groups excluding carboxylic acids is 2. The van der Waals surface area contributed by atoms with E-state index in [0.29, 0.717) is 23.3 Å². The molecule has 0 N–H and O–H groups in total. The molecule has 0 aromatic heterocycles. The molecule has 5 heteroatoms. The summed E-state index contributed by atoms with van der Waals surface area (Å²) in [5.41, 5.74) is 1.42. The third-order valence-electron chi connectivity index (χ3n) is 5.18. The standard InChI is InChI=1S/C21H31NO4/c1-14(2)18-11-6-15(3)12-19(18)26-20(23)13-25-21(24)16-7-9-17(10-8-16)22(4)5/h7-10,14-15,18-19H,6,11-13H2,1-5H3. The first-order chi connectivity index (χ1) is 12.3. The highest BCUT2D eigenvalue weighted by Crippen LogP contribution is 2.35. The number of nitrogens with zero attached hydrogens (tertiary/aromatic N) is 1. The molecule has 0 bridgehead atoms. The van der Waals surface area contributed by atoms with Gasteiger partial charge in [-0.1, -0.05) is 27.2 Å². The Labute approximate surface area is 156 Å². The summed E-state index contributed by atoms with van der Waals surface area (Å²) in [4.78, 5) is 26.2. The fourth-order valence-electron chi connectivity index (χ4n) is 3.56. The summed E-state index contributed by atoms with van der Waals surface area (Å²) in [5, 5.41) is 0. The van der Waals surface area contributed by atoms with Gasteiger partial charge < -0.3 is 14.4 Å². The number of hydrogen-bond donors (Lipinski definition) is 0. The molecule has 1 aliphatic rings. The smallest absolute Gasteiger partial charge is 0.344 e. The van der Waals surface area contributed by atoms with E-state index in [2.05, 4.69) is 20.8 Å². The fraction of sp³-hybridized carbons (Fsp3) is 0.619. The first kappa shape index (κ1) is 20.3. The van der Waals surface area contributed by atoms with Crippen LogP contribution in [-0.2, 0) is 14.3 Å². The van der Waals surface area contributed by atoms with Crippen LogP contribution in [0.15, 0.2) is 24.3 Å². The van der Waals surface area contributed by atoms with Crippen LogP contribution in [0.5, 0.6) is 0 Å². The van der Waals surface area contributed by atoms with Crippen molar-refractivity contribution in [1.82, 2.24) is 0 Å². The zero-order valence-electron chi connectivity index (χ0n) is 16.5. The van der Waals surface area contributed by atoms with Gasteiger partial charge in [0.15, 0.2) is 6.61 Å². The van der Waals surface area contributed by atoms with Gasteiger partial charge in [0.1, 0.15) is 6.10 Å². The highest BCUT2D eigenvalue weighted by Gasteiger charge is 2.33. The molecule has 1 fully saturated rings. The highest BCUT2D eigenvalue weighted by atomic mass is 16.6. The summed E-state index contributed by atoms with van der Waals surface area (Å²) in [6.07, 6.45) is 3.06. The van der Waals surface area contributed by atoms with Crippen LogP contribution >= 0.6 is 0 Å². The Hall–Kier alpha value is -2.04. The highest BCUT2D eigenvalue weighted by molar-refractivity contribution is 5.91. The van der Waals surface area contributed by atoms with Crippen molar-refractivity contribution in [2.45, 2.75) is 46.1 Å². The number of hydrogen-bond acceptors (Lipinski definition) is 5. The summed E-state index contributed by atoms with van der Waals surface area (Å²) in [6, 6.07) is 7.07. The third-order valence-corrected chi connectivity index (χ3v) is 5.18. The lowest BCUT2D eigenvalue weighted by Crippen LogP contribution is -2.36.